The Morgan fingerprint density at radius 2 is 1.67 bits per heavy atom. The lowest BCUT2D eigenvalue weighted by molar-refractivity contribution is -0.141. The zero-order valence-electron chi connectivity index (χ0n) is 26.1. The van der Waals surface area contributed by atoms with Gasteiger partial charge in [0.25, 0.3) is 10.0 Å². The smallest absolute Gasteiger partial charge is 0.416 e. The molecular formula is C32H38N6O6S. The van der Waals surface area contributed by atoms with Crippen LogP contribution in [0.3, 0.4) is 0 Å². The highest BCUT2D eigenvalue weighted by Gasteiger charge is 2.43. The molecular weight excluding hydrogens is 596 g/mol. The number of carboxylic acids is 1. The van der Waals surface area contributed by atoms with E-state index in [9.17, 15) is 23.1 Å². The summed E-state index contributed by atoms with van der Waals surface area (Å²) in [6.45, 7) is 10.1. The summed E-state index contributed by atoms with van der Waals surface area (Å²) < 4.78 is 36.9. The van der Waals surface area contributed by atoms with Gasteiger partial charge in [0.15, 0.2) is 5.03 Å². The van der Waals surface area contributed by atoms with Crippen LogP contribution in [0.4, 0.5) is 10.6 Å². The zero-order chi connectivity index (χ0) is 33.0. The summed E-state index contributed by atoms with van der Waals surface area (Å²) in [7, 11) is -4.11. The summed E-state index contributed by atoms with van der Waals surface area (Å²) in [6.07, 6.45) is 4.15. The second-order valence-electron chi connectivity index (χ2n) is 12.5. The molecule has 4 aromatic rings. The molecule has 0 aliphatic heterocycles. The van der Waals surface area contributed by atoms with Crippen LogP contribution in [0.15, 0.2) is 90.3 Å². The lowest BCUT2D eigenvalue weighted by atomic mass is 9.85. The van der Waals surface area contributed by atoms with Crippen LogP contribution in [-0.2, 0) is 26.0 Å². The van der Waals surface area contributed by atoms with Crippen LogP contribution < -0.4 is 9.62 Å². The van der Waals surface area contributed by atoms with Gasteiger partial charge in [0.2, 0.25) is 0 Å². The number of sulfonamides is 1. The maximum Gasteiger partial charge on any atom is 0.416 e. The number of benzene rings is 1. The molecule has 13 heteroatoms. The fraction of sp³-hybridized carbons (Fsp3) is 0.344. The summed E-state index contributed by atoms with van der Waals surface area (Å²) in [4.78, 5) is 35.8. The summed E-state index contributed by atoms with van der Waals surface area (Å²) >= 11 is 0. The van der Waals surface area contributed by atoms with Gasteiger partial charge in [0.05, 0.1) is 17.4 Å². The summed E-state index contributed by atoms with van der Waals surface area (Å²) in [5.41, 5.74) is 0.0291. The van der Waals surface area contributed by atoms with E-state index in [2.05, 4.69) is 19.8 Å². The van der Waals surface area contributed by atoms with Gasteiger partial charge in [0, 0.05) is 18.6 Å². The van der Waals surface area contributed by atoms with Crippen molar-refractivity contribution in [1.82, 2.24) is 24.5 Å². The first kappa shape index (κ1) is 33.3. The van der Waals surface area contributed by atoms with Crippen LogP contribution in [0, 0.1) is 5.41 Å². The van der Waals surface area contributed by atoms with Gasteiger partial charge in [-0.15, -0.1) is 0 Å². The van der Waals surface area contributed by atoms with E-state index in [0.717, 1.165) is 16.2 Å². The first-order valence-corrected chi connectivity index (χ1v) is 15.8. The first-order chi connectivity index (χ1) is 21.0. The summed E-state index contributed by atoms with van der Waals surface area (Å²) in [5.74, 6) is -1.25. The normalized spacial score (nSPS) is 13.6. The molecule has 3 aromatic heterocycles. The van der Waals surface area contributed by atoms with Crippen LogP contribution in [0.1, 0.15) is 58.8 Å². The molecule has 0 saturated carbocycles. The lowest BCUT2D eigenvalue weighted by Gasteiger charge is -2.37. The minimum atomic E-state index is -4.11. The third-order valence-electron chi connectivity index (χ3n) is 6.62. The number of pyridine rings is 2. The number of hydrogen-bond donors (Lipinski definition) is 2. The zero-order valence-corrected chi connectivity index (χ0v) is 26.9. The molecule has 0 spiro atoms. The molecule has 12 nitrogen and oxygen atoms in total. The largest absolute Gasteiger partial charge is 0.480 e. The average molecular weight is 635 g/mol. The Balaban J connectivity index is 1.79. The van der Waals surface area contributed by atoms with Crippen molar-refractivity contribution in [3.05, 3.63) is 96.6 Å². The van der Waals surface area contributed by atoms with Crippen molar-refractivity contribution in [3.63, 3.8) is 0 Å². The third kappa shape index (κ3) is 8.52. The van der Waals surface area contributed by atoms with Crippen molar-refractivity contribution >= 4 is 27.9 Å². The van der Waals surface area contributed by atoms with Gasteiger partial charge in [-0.05, 0) is 80.6 Å². The second-order valence-corrected chi connectivity index (χ2v) is 14.2. The Labute approximate surface area is 263 Å². The molecule has 0 fully saturated rings. The molecule has 0 bridgehead atoms. The number of carboxylic acid groups (broad SMARTS) is 1. The van der Waals surface area contributed by atoms with Crippen molar-refractivity contribution in [1.29, 1.82) is 0 Å². The number of carbonyl (C=O) groups excluding carboxylic acids is 1. The number of aliphatic carboxylic acids is 1. The Hall–Kier alpha value is -4.62. The van der Waals surface area contributed by atoms with Crippen molar-refractivity contribution in [3.8, 4) is 5.69 Å². The van der Waals surface area contributed by atoms with E-state index in [1.165, 1.54) is 18.3 Å². The molecule has 4 rings (SSSR count). The van der Waals surface area contributed by atoms with Gasteiger partial charge in [-0.1, -0.05) is 45.0 Å². The quantitative estimate of drug-likeness (QED) is 0.240. The van der Waals surface area contributed by atoms with Crippen molar-refractivity contribution in [2.75, 3.05) is 4.90 Å². The minimum Gasteiger partial charge on any atom is -0.480 e. The van der Waals surface area contributed by atoms with Crippen LogP contribution in [0.5, 0.6) is 0 Å². The Kier molecular flexibility index (Phi) is 9.74. The Morgan fingerprint density at radius 3 is 2.22 bits per heavy atom. The number of amides is 1. The Morgan fingerprint density at radius 1 is 0.956 bits per heavy atom. The molecule has 0 saturated heterocycles. The number of rotatable bonds is 10. The van der Waals surface area contributed by atoms with E-state index in [1.54, 1.807) is 76.7 Å². The number of hydrogen-bond acceptors (Lipinski definition) is 8. The number of ether oxygens (including phenoxy) is 1. The van der Waals surface area contributed by atoms with Gasteiger partial charge >= 0.3 is 12.1 Å². The molecule has 3 heterocycles. The molecule has 2 unspecified atom stereocenters. The minimum absolute atomic E-state index is 0.000129. The number of carbonyl (C=O) groups is 2. The van der Waals surface area contributed by atoms with Crippen molar-refractivity contribution in [2.45, 2.75) is 70.7 Å². The maximum atomic E-state index is 13.5. The van der Waals surface area contributed by atoms with Crippen LogP contribution >= 0.6 is 0 Å². The molecule has 0 aliphatic rings. The highest BCUT2D eigenvalue weighted by molar-refractivity contribution is 7.89. The molecule has 0 aliphatic carbocycles. The van der Waals surface area contributed by atoms with Crippen LogP contribution in [0.25, 0.3) is 5.69 Å². The summed E-state index contributed by atoms with van der Waals surface area (Å²) in [5, 5.41) is 14.3. The van der Waals surface area contributed by atoms with Gasteiger partial charge in [-0.3, -0.25) is 0 Å². The maximum absolute atomic E-state index is 13.5. The molecule has 1 amide bonds. The highest BCUT2D eigenvalue weighted by Crippen LogP contribution is 2.31. The first-order valence-electron chi connectivity index (χ1n) is 14.3. The topological polar surface area (TPSA) is 157 Å². The van der Waals surface area contributed by atoms with Gasteiger partial charge in [0.1, 0.15) is 17.5 Å². The van der Waals surface area contributed by atoms with E-state index in [-0.39, 0.29) is 23.0 Å². The number of anilines is 1. The predicted molar refractivity (Wildman–Crippen MR) is 168 cm³/mol. The van der Waals surface area contributed by atoms with Crippen LogP contribution in [-0.4, -0.2) is 57.0 Å². The fourth-order valence-corrected chi connectivity index (χ4v) is 5.84. The molecule has 45 heavy (non-hydrogen) atoms. The molecule has 0 radical (unpaired) electrons. The van der Waals surface area contributed by atoms with E-state index < -0.39 is 45.2 Å². The van der Waals surface area contributed by atoms with Gasteiger partial charge in [-0.2, -0.15) is 5.10 Å². The predicted octanol–water partition coefficient (Wildman–Crippen LogP) is 5.17. The SMILES string of the molecule is CC(C)(C)OC(=O)N(c1cccc(C(Cc2ccc(-n3cccn3)cc2)NS(=O)(=O)c2ccccn2)n1)C(C(=O)O)C(C)(C)C. The fourth-order valence-electron chi connectivity index (χ4n) is 4.68. The lowest BCUT2D eigenvalue weighted by Crippen LogP contribution is -2.54. The van der Waals surface area contributed by atoms with Crippen molar-refractivity contribution < 1.29 is 27.9 Å². The average Bonchev–Trinajstić information content (AvgIpc) is 3.50. The molecule has 238 valence electrons. The van der Waals surface area contributed by atoms with E-state index in [4.69, 9.17) is 4.74 Å². The van der Waals surface area contributed by atoms with E-state index in [1.807, 2.05) is 36.5 Å². The van der Waals surface area contributed by atoms with Crippen molar-refractivity contribution in [2.24, 2.45) is 5.41 Å². The number of nitrogens with one attached hydrogen (secondary N) is 1. The monoisotopic (exact) mass is 634 g/mol. The second kappa shape index (κ2) is 13.2. The highest BCUT2D eigenvalue weighted by atomic mass is 32.2. The third-order valence-corrected chi connectivity index (χ3v) is 8.00. The van der Waals surface area contributed by atoms with Gasteiger partial charge < -0.3 is 9.84 Å². The molecule has 2 atom stereocenters. The van der Waals surface area contributed by atoms with Gasteiger partial charge in [-0.25, -0.2) is 42.3 Å². The molecule has 1 aromatic carbocycles. The standard InChI is InChI=1S/C32H38N6O6S/c1-31(2,3)28(29(39)40)38(30(41)44-32(4,5)6)26-12-9-11-24(35-26)25(36-45(42,43)27-13-7-8-18-33-27)21-22-14-16-23(17-15-22)37-20-10-19-34-37/h7-20,25,28,36H,21H2,1-6H3,(H,39,40). The van der Waals surface area contributed by atoms with Crippen LogP contribution in [0.2, 0.25) is 0 Å². The number of nitrogens with zero attached hydrogens (tertiary/aromatic N) is 5. The Bertz CT molecular complexity index is 1710. The summed E-state index contributed by atoms with van der Waals surface area (Å²) in [6, 6.07) is 16.2. The van der Waals surface area contributed by atoms with E-state index in [0.29, 0.717) is 0 Å². The number of aromatic nitrogens is 4. The van der Waals surface area contributed by atoms with E-state index >= 15 is 0 Å². The molecule has 2 N–H and O–H groups in total.